The number of aldehydes is 1. The Morgan fingerprint density at radius 1 is 0.676 bits per heavy atom. The molecule has 0 fully saturated rings. The zero-order chi connectivity index (χ0) is 74.0. The minimum atomic E-state index is -1.15. The molecule has 2 aromatic carbocycles. The number of thiocarbonyl (C=S) groups is 1. The zero-order valence-corrected chi connectivity index (χ0v) is 66.3. The number of aromatic carboxylic acids is 3. The molecule has 1 amide bonds. The Hall–Kier alpha value is -5.31. The fourth-order valence-corrected chi connectivity index (χ4v) is 8.57. The molecule has 102 heavy (non-hydrogen) atoms. The van der Waals surface area contributed by atoms with E-state index in [9.17, 15) is 47.9 Å². The molecule has 4 heterocycles. The van der Waals surface area contributed by atoms with Gasteiger partial charge in [-0.15, -0.1) is 68.5 Å². The van der Waals surface area contributed by atoms with Crippen molar-refractivity contribution in [3.8, 4) is 11.1 Å². The van der Waals surface area contributed by atoms with Crippen molar-refractivity contribution in [2.24, 2.45) is 11.5 Å². The van der Waals surface area contributed by atoms with Crippen molar-refractivity contribution >= 4 is 177 Å². The van der Waals surface area contributed by atoms with E-state index in [4.69, 9.17) is 71.0 Å². The molecular weight excluding hydrogens is 1610 g/mol. The molecule has 1 aliphatic carbocycles. The number of fused-ring (bicyclic) bond motifs is 3. The smallest absolute Gasteiger partial charge is 0.870 e. The topological polar surface area (TPSA) is 466 Å². The van der Waals surface area contributed by atoms with Crippen molar-refractivity contribution in [2.45, 2.75) is 135 Å². The van der Waals surface area contributed by atoms with E-state index in [1.54, 1.807) is 47.0 Å². The van der Waals surface area contributed by atoms with E-state index in [0.717, 1.165) is 74.8 Å². The number of carboxylic acid groups (broad SMARTS) is 4. The average Bonchev–Trinajstić information content (AvgIpc) is 1.62. The Labute approximate surface area is 681 Å². The second kappa shape index (κ2) is 78.3. The van der Waals surface area contributed by atoms with E-state index in [1.807, 2.05) is 45.0 Å². The van der Waals surface area contributed by atoms with E-state index in [-0.39, 0.29) is 149 Å². The maximum atomic E-state index is 12.1. The van der Waals surface area contributed by atoms with Crippen molar-refractivity contribution in [3.05, 3.63) is 124 Å². The van der Waals surface area contributed by atoms with Gasteiger partial charge in [-0.1, -0.05) is 127 Å². The van der Waals surface area contributed by atoms with Gasteiger partial charge in [0.15, 0.2) is 5.38 Å². The molecule has 0 aliphatic heterocycles. The van der Waals surface area contributed by atoms with Crippen LogP contribution in [0.15, 0.2) is 73.3 Å². The minimum absolute atomic E-state index is 0. The van der Waals surface area contributed by atoms with E-state index >= 15 is 0 Å². The summed E-state index contributed by atoms with van der Waals surface area (Å²) in [5, 5.41) is 43.9. The van der Waals surface area contributed by atoms with Gasteiger partial charge in [-0.3, -0.25) is 14.4 Å². The largest absolute Gasteiger partial charge is 1.00 e. The Balaban J connectivity index is -0.000000108. The average molecular weight is 1710 g/mol. The molecule has 6 aromatic rings. The van der Waals surface area contributed by atoms with Gasteiger partial charge in [0.25, 0.3) is 6.47 Å². The molecule has 0 saturated heterocycles. The number of carboxylic acids is 4. The number of amides is 1. The summed E-state index contributed by atoms with van der Waals surface area (Å²) in [4.78, 5) is 123. The normalized spacial score (nSPS) is 9.37. The number of nitrogens with two attached hydrogens (primary N) is 2. The SMILES string of the molecule is C.C.C.C.CCC(=O)O.CCC(N)=S.CCOC(=O)C(Cl)C=O.CCOC(=O)CCl.CCOC(=O)c1ncc(CC)s1.CCOC=O.CCc1cnc(C(=O)O)s1.C[O-].NCc1cnc(C(=O)O)s1.O=C(NCc1cnc(C(=O)O)s1)OCC1c2ccccc2-c2ccccc21.[3H]CSI.[Li+].[Na+].[OH-]. The molecule has 0 saturated carbocycles. The first-order valence-corrected chi connectivity index (χ1v) is 35.9. The summed E-state index contributed by atoms with van der Waals surface area (Å²) in [5.74, 6) is -5.16. The molecule has 1 unspecified atom stereocenters. The summed E-state index contributed by atoms with van der Waals surface area (Å²) < 4.78 is 29.6. The molecule has 4 aromatic heterocycles. The number of hydrogen-bond acceptors (Lipinski definition) is 28. The molecule has 7 rings (SSSR count). The molecule has 10 N–H and O–H groups in total. The van der Waals surface area contributed by atoms with Crippen LogP contribution in [0.3, 0.4) is 0 Å². The predicted octanol–water partition coefficient (Wildman–Crippen LogP) is 7.00. The molecule has 0 radical (unpaired) electrons. The first-order valence-electron chi connectivity index (χ1n) is 28.4. The molecule has 28 nitrogen and oxygen atoms in total. The van der Waals surface area contributed by atoms with Crippen LogP contribution >= 0.6 is 111 Å². The fraction of sp³-hybridized carbons (Fsp3) is 0.444. The van der Waals surface area contributed by atoms with E-state index in [2.05, 4.69) is 97.2 Å². The third-order valence-corrected chi connectivity index (χ3v) is 14.8. The summed E-state index contributed by atoms with van der Waals surface area (Å²) in [7, 11) is 2.24. The Morgan fingerprint density at radius 3 is 1.33 bits per heavy atom. The van der Waals surface area contributed by atoms with Gasteiger partial charge in [-0.2, -0.15) is 7.11 Å². The molecule has 39 heteroatoms. The number of rotatable bonds is 21. The summed E-state index contributed by atoms with van der Waals surface area (Å²) in [6, 6.07) is 16.3. The van der Waals surface area contributed by atoms with Crippen LogP contribution in [-0.4, -0.2) is 169 Å². The first kappa shape index (κ1) is 118. The van der Waals surface area contributed by atoms with Crippen LogP contribution in [-0.2, 0) is 73.6 Å². The number of benzene rings is 2. The second-order valence-corrected chi connectivity index (χ2v) is 24.0. The van der Waals surface area contributed by atoms with Gasteiger partial charge in [-0.05, 0) is 96.6 Å². The van der Waals surface area contributed by atoms with Gasteiger partial charge in [0.1, 0.15) is 18.8 Å². The molecule has 0 spiro atoms. The Morgan fingerprint density at radius 2 is 1.05 bits per heavy atom. The Bertz CT molecular complexity index is 3110. The van der Waals surface area contributed by atoms with Crippen LogP contribution in [0.5, 0.6) is 0 Å². The van der Waals surface area contributed by atoms with Gasteiger partial charge in [-0.25, -0.2) is 48.7 Å². The molecule has 568 valence electrons. The van der Waals surface area contributed by atoms with Crippen molar-refractivity contribution < 1.29 is 152 Å². The number of ether oxygens (including phenoxy) is 5. The minimum Gasteiger partial charge on any atom is -0.870 e. The van der Waals surface area contributed by atoms with Gasteiger partial charge < -0.3 is 76.3 Å². The van der Waals surface area contributed by atoms with E-state index in [1.165, 1.54) is 55.1 Å². The maximum absolute atomic E-state index is 12.1. The number of esters is 3. The second-order valence-electron chi connectivity index (χ2n) is 16.2. The molecular formula is C63H96Cl2ILiN7NaO21S6. The number of aliphatic carboxylic acids is 1. The number of nitrogens with zero attached hydrogens (tertiary/aromatic N) is 4. The molecule has 1 aliphatic rings. The molecule has 0 bridgehead atoms. The van der Waals surface area contributed by atoms with E-state index < -0.39 is 41.3 Å². The number of hydrogen-bond donors (Lipinski definition) is 7. The summed E-state index contributed by atoms with van der Waals surface area (Å²) in [5.41, 5.74) is 14.9. The number of alkyl halides is 2. The van der Waals surface area contributed by atoms with E-state index in [0.29, 0.717) is 60.2 Å². The first-order chi connectivity index (χ1) is 45.8. The number of alkyl carbamates (subject to hydrolysis) is 1. The van der Waals surface area contributed by atoms with Gasteiger partial charge in [0.05, 0.1) is 38.0 Å². The van der Waals surface area contributed by atoms with Crippen LogP contribution in [0.1, 0.15) is 175 Å². The van der Waals surface area contributed by atoms with Crippen LogP contribution in [0.25, 0.3) is 11.1 Å². The number of aromatic nitrogens is 4. The van der Waals surface area contributed by atoms with Crippen LogP contribution < -0.4 is 70.3 Å². The van der Waals surface area contributed by atoms with Gasteiger partial charge in [0.2, 0.25) is 20.0 Å². The zero-order valence-electron chi connectivity index (χ0n) is 56.7. The van der Waals surface area contributed by atoms with Crippen molar-refractivity contribution in [1.29, 1.82) is 0 Å². The standard InChI is InChI=1S/C20H16N2O4S.C8H11NO2S.C6H7NO2S.C5H7ClO3.C5H6N2O2S.C4H7ClO2.C3H7NS.2C3H6O2.CH3IS.CH3O.4CH4.Li.Na.H2O/c23-19(24)18-21-9-12(27-18)10-22-20(25)26-11-17-15-7-3-1-5-13(15)14-6-2-4-8-16(14)17;1-3-6-5-9-7(12-6)8(10)11-4-2;1-2-4-3-7-5(10-4)6(8)9;1-2-9-5(8)4(6)3-7;6-1-3-2-7-4(10-3)5(8)9;1-2-7-4(6)3-5;1-2-3(4)5;1-2-5-3-4;1-2-3(4)5;1-3-2;1-2;;;;;;;/h1-9,17H,10-11H2,(H,22,25)(H,23,24);5H,3-4H2,1-2H3;3H,2H2,1H3,(H,8,9);3-4H,2H2,1H3;2H,1,6H2,(H,8,9);2-3H2,1H3;2H2,1H3,(H2,4,5);3H,2H2,1H3;2H2,1H3,(H,4,5);1H3;1H3;4*1H4;;;1H2/q;;;;;;;;;;-1;;;;;2*+1;/p-1/i;;;;;;;;;1T;;;;;;;;. The number of carbonyl (C=O) groups excluding carboxylic acids is 6. The number of aryl methyl sites for hydroxylation is 2. The van der Waals surface area contributed by atoms with Crippen molar-refractivity contribution in [1.82, 2.24) is 25.3 Å². The third kappa shape index (κ3) is 58.0. The summed E-state index contributed by atoms with van der Waals surface area (Å²) in [6.45, 7) is 17.2. The third-order valence-electron chi connectivity index (χ3n) is 9.79. The monoisotopic (exact) mass is 1710 g/mol. The van der Waals surface area contributed by atoms with Gasteiger partial charge >= 0.3 is 96.3 Å². The number of halogens is 3. The molecule has 1 atom stereocenters. The Kier molecular flexibility index (Phi) is 90.4. The number of nitrogens with one attached hydrogen (secondary N) is 1. The fourth-order valence-electron chi connectivity index (χ4n) is 5.67. The predicted molar refractivity (Wildman–Crippen MR) is 409 cm³/mol. The number of thiazole rings is 4. The van der Waals surface area contributed by atoms with Gasteiger partial charge in [0, 0.05) is 64.6 Å². The number of carbonyl (C=O) groups is 10. The van der Waals surface area contributed by atoms with Crippen LogP contribution in [0, 0.1) is 0 Å². The summed E-state index contributed by atoms with van der Waals surface area (Å²) in [6.07, 6.45) is 9.32. The summed E-state index contributed by atoms with van der Waals surface area (Å²) >= 11 is 21.5. The maximum Gasteiger partial charge on any atom is 1.00 e. The quantitative estimate of drug-likeness (QED) is 0.00557. The van der Waals surface area contributed by atoms with Crippen molar-refractivity contribution in [3.63, 3.8) is 0 Å². The van der Waals surface area contributed by atoms with Crippen LogP contribution in [0.2, 0.25) is 0 Å². The van der Waals surface area contributed by atoms with Crippen LogP contribution in [0.4, 0.5) is 4.79 Å². The van der Waals surface area contributed by atoms with Crippen molar-refractivity contribution in [2.75, 3.05) is 52.3 Å².